The third kappa shape index (κ3) is 8.28. The lowest BCUT2D eigenvalue weighted by Crippen LogP contribution is -2.13. The van der Waals surface area contributed by atoms with Gasteiger partial charge in [0.05, 0.1) is 0 Å². The Balaban J connectivity index is 2.05. The third-order valence-corrected chi connectivity index (χ3v) is 3.44. The van der Waals surface area contributed by atoms with Crippen LogP contribution in [0.4, 0.5) is 0 Å². The number of unbranched alkanes of at least 4 members (excludes halogenated alkanes) is 6. The van der Waals surface area contributed by atoms with Crippen molar-refractivity contribution in [2.45, 2.75) is 58.3 Å². The Kier molecular flexibility index (Phi) is 9.18. The van der Waals surface area contributed by atoms with Crippen LogP contribution < -0.4 is 0 Å². The molecular formula is C18H26O3. The van der Waals surface area contributed by atoms with Gasteiger partial charge in [0.2, 0.25) is 0 Å². The van der Waals surface area contributed by atoms with Crippen LogP contribution in [0.1, 0.15) is 68.6 Å². The minimum absolute atomic E-state index is 0.150. The molecule has 0 heterocycles. The standard InChI is InChI=1S/C18H26O3/c1-2-3-4-5-6-7-11-14-18(20)21-15-17(19)16-12-9-8-10-13-16/h8-10,12-13H,2-7,11,14-15H2,1H3. The maximum Gasteiger partial charge on any atom is 0.306 e. The highest BCUT2D eigenvalue weighted by Gasteiger charge is 2.09. The summed E-state index contributed by atoms with van der Waals surface area (Å²) in [6, 6.07) is 8.91. The second kappa shape index (κ2) is 11.1. The summed E-state index contributed by atoms with van der Waals surface area (Å²) in [5.74, 6) is -0.420. The van der Waals surface area contributed by atoms with Gasteiger partial charge in [-0.2, -0.15) is 0 Å². The Morgan fingerprint density at radius 2 is 1.52 bits per heavy atom. The van der Waals surface area contributed by atoms with Gasteiger partial charge < -0.3 is 4.74 Å². The molecule has 3 heteroatoms. The van der Waals surface area contributed by atoms with Gasteiger partial charge in [0.15, 0.2) is 12.4 Å². The highest BCUT2D eigenvalue weighted by molar-refractivity contribution is 5.97. The van der Waals surface area contributed by atoms with E-state index in [9.17, 15) is 9.59 Å². The van der Waals surface area contributed by atoms with Gasteiger partial charge in [-0.1, -0.05) is 75.8 Å². The van der Waals surface area contributed by atoms with Crippen molar-refractivity contribution in [3.05, 3.63) is 35.9 Å². The largest absolute Gasteiger partial charge is 0.457 e. The number of ether oxygens (including phenoxy) is 1. The van der Waals surface area contributed by atoms with Gasteiger partial charge in [0.1, 0.15) is 0 Å². The number of Topliss-reactive ketones (excluding diaryl/α,β-unsaturated/α-hetero) is 1. The van der Waals surface area contributed by atoms with Crippen molar-refractivity contribution in [2.24, 2.45) is 0 Å². The van der Waals surface area contributed by atoms with Crippen molar-refractivity contribution in [3.63, 3.8) is 0 Å². The number of esters is 1. The van der Waals surface area contributed by atoms with Gasteiger partial charge in [-0.3, -0.25) is 9.59 Å². The van der Waals surface area contributed by atoms with Crippen LogP contribution in [0, 0.1) is 0 Å². The Hall–Kier alpha value is -1.64. The molecule has 0 amide bonds. The Morgan fingerprint density at radius 1 is 0.905 bits per heavy atom. The van der Waals surface area contributed by atoms with Crippen LogP contribution in [0.15, 0.2) is 30.3 Å². The summed E-state index contributed by atoms with van der Waals surface area (Å²) in [5, 5.41) is 0. The van der Waals surface area contributed by atoms with E-state index in [1.165, 1.54) is 32.1 Å². The molecule has 0 aliphatic carbocycles. The lowest BCUT2D eigenvalue weighted by atomic mass is 10.1. The first kappa shape index (κ1) is 17.4. The molecule has 0 saturated heterocycles. The first-order valence-corrected chi connectivity index (χ1v) is 7.98. The zero-order valence-electron chi connectivity index (χ0n) is 13.0. The van der Waals surface area contributed by atoms with E-state index in [0.717, 1.165) is 12.8 Å². The fraction of sp³-hybridized carbons (Fsp3) is 0.556. The Morgan fingerprint density at radius 3 is 2.19 bits per heavy atom. The van der Waals surface area contributed by atoms with Crippen molar-refractivity contribution < 1.29 is 14.3 Å². The number of hydrogen-bond donors (Lipinski definition) is 0. The van der Waals surface area contributed by atoms with Crippen LogP contribution in [0.25, 0.3) is 0 Å². The maximum atomic E-state index is 11.7. The molecule has 21 heavy (non-hydrogen) atoms. The number of rotatable bonds is 11. The summed E-state index contributed by atoms with van der Waals surface area (Å²) < 4.78 is 5.01. The van der Waals surface area contributed by atoms with Gasteiger partial charge in [-0.05, 0) is 6.42 Å². The molecule has 0 spiro atoms. The highest BCUT2D eigenvalue weighted by Crippen LogP contribution is 2.09. The van der Waals surface area contributed by atoms with E-state index < -0.39 is 0 Å². The van der Waals surface area contributed by atoms with E-state index >= 15 is 0 Å². The fourth-order valence-electron chi connectivity index (χ4n) is 2.15. The van der Waals surface area contributed by atoms with Gasteiger partial charge in [-0.25, -0.2) is 0 Å². The smallest absolute Gasteiger partial charge is 0.306 e. The molecule has 0 N–H and O–H groups in total. The van der Waals surface area contributed by atoms with Crippen molar-refractivity contribution in [3.8, 4) is 0 Å². The lowest BCUT2D eigenvalue weighted by molar-refractivity contribution is -0.142. The van der Waals surface area contributed by atoms with Crippen LogP contribution in [0.2, 0.25) is 0 Å². The van der Waals surface area contributed by atoms with E-state index in [1.54, 1.807) is 24.3 Å². The van der Waals surface area contributed by atoms with Crippen LogP contribution in [-0.2, 0) is 9.53 Å². The Labute approximate surface area is 127 Å². The van der Waals surface area contributed by atoms with Crippen LogP contribution in [-0.4, -0.2) is 18.4 Å². The first-order valence-electron chi connectivity index (χ1n) is 7.98. The molecule has 116 valence electrons. The summed E-state index contributed by atoms with van der Waals surface area (Å²) in [5.41, 5.74) is 0.584. The zero-order valence-corrected chi connectivity index (χ0v) is 13.0. The second-order valence-corrected chi connectivity index (χ2v) is 5.32. The summed E-state index contributed by atoms with van der Waals surface area (Å²) in [7, 11) is 0. The van der Waals surface area contributed by atoms with Crippen molar-refractivity contribution in [1.82, 2.24) is 0 Å². The normalized spacial score (nSPS) is 10.3. The lowest BCUT2D eigenvalue weighted by Gasteiger charge is -2.04. The molecule has 0 aliphatic heterocycles. The topological polar surface area (TPSA) is 43.4 Å². The predicted octanol–water partition coefficient (Wildman–Crippen LogP) is 4.55. The van der Waals surface area contributed by atoms with Crippen molar-refractivity contribution in [2.75, 3.05) is 6.61 Å². The molecule has 0 saturated carbocycles. The van der Waals surface area contributed by atoms with Gasteiger partial charge >= 0.3 is 5.97 Å². The molecule has 0 aromatic heterocycles. The molecule has 0 bridgehead atoms. The maximum absolute atomic E-state index is 11.7. The molecule has 1 aromatic carbocycles. The zero-order chi connectivity index (χ0) is 15.3. The molecule has 0 fully saturated rings. The molecule has 1 rings (SSSR count). The van der Waals surface area contributed by atoms with Gasteiger partial charge in [0.25, 0.3) is 0 Å². The van der Waals surface area contributed by atoms with E-state index in [4.69, 9.17) is 4.74 Å². The van der Waals surface area contributed by atoms with Crippen LogP contribution >= 0.6 is 0 Å². The van der Waals surface area contributed by atoms with Crippen molar-refractivity contribution >= 4 is 11.8 Å². The third-order valence-electron chi connectivity index (χ3n) is 3.44. The number of ketones is 1. The van der Waals surface area contributed by atoms with Gasteiger partial charge in [0, 0.05) is 12.0 Å². The second-order valence-electron chi connectivity index (χ2n) is 5.32. The average molecular weight is 290 g/mol. The number of hydrogen-bond acceptors (Lipinski definition) is 3. The monoisotopic (exact) mass is 290 g/mol. The molecule has 1 aromatic rings. The molecule has 0 unspecified atom stereocenters. The van der Waals surface area contributed by atoms with Crippen molar-refractivity contribution in [1.29, 1.82) is 0 Å². The minimum Gasteiger partial charge on any atom is -0.457 e. The van der Waals surface area contributed by atoms with E-state index in [1.807, 2.05) is 6.07 Å². The number of carbonyl (C=O) groups is 2. The highest BCUT2D eigenvalue weighted by atomic mass is 16.5. The van der Waals surface area contributed by atoms with Gasteiger partial charge in [-0.15, -0.1) is 0 Å². The van der Waals surface area contributed by atoms with E-state index in [0.29, 0.717) is 12.0 Å². The minimum atomic E-state index is -0.271. The summed E-state index contributed by atoms with van der Waals surface area (Å²) in [6.45, 7) is 2.05. The summed E-state index contributed by atoms with van der Waals surface area (Å²) in [4.78, 5) is 23.3. The Bertz CT molecular complexity index is 412. The average Bonchev–Trinajstić information content (AvgIpc) is 2.52. The molecular weight excluding hydrogens is 264 g/mol. The number of carbonyl (C=O) groups excluding carboxylic acids is 2. The fourth-order valence-corrected chi connectivity index (χ4v) is 2.15. The van der Waals surface area contributed by atoms with E-state index in [2.05, 4.69) is 6.92 Å². The van der Waals surface area contributed by atoms with E-state index in [-0.39, 0.29) is 18.4 Å². The number of benzene rings is 1. The quantitative estimate of drug-likeness (QED) is 0.341. The molecule has 0 radical (unpaired) electrons. The SMILES string of the molecule is CCCCCCCCCC(=O)OCC(=O)c1ccccc1. The predicted molar refractivity (Wildman–Crippen MR) is 84.3 cm³/mol. The first-order chi connectivity index (χ1) is 10.2. The summed E-state index contributed by atoms with van der Waals surface area (Å²) >= 11 is 0. The molecule has 0 aliphatic rings. The summed E-state index contributed by atoms with van der Waals surface area (Å²) in [6.07, 6.45) is 8.58. The van der Waals surface area contributed by atoms with Crippen LogP contribution in [0.5, 0.6) is 0 Å². The molecule has 3 nitrogen and oxygen atoms in total. The van der Waals surface area contributed by atoms with Crippen LogP contribution in [0.3, 0.4) is 0 Å². The molecule has 0 atom stereocenters.